The molecule has 0 saturated heterocycles. The summed E-state index contributed by atoms with van der Waals surface area (Å²) in [5.41, 5.74) is 0. The highest BCUT2D eigenvalue weighted by molar-refractivity contribution is 7.47. The van der Waals surface area contributed by atoms with Crippen LogP contribution in [0.25, 0.3) is 0 Å². The monoisotopic (exact) mass is 1470 g/mol. The van der Waals surface area contributed by atoms with E-state index >= 15 is 0 Å². The van der Waals surface area contributed by atoms with Gasteiger partial charge in [0.15, 0.2) is 12.2 Å². The molecule has 0 fully saturated rings. The highest BCUT2D eigenvalue weighted by atomic mass is 31.2. The van der Waals surface area contributed by atoms with Gasteiger partial charge in [-0.1, -0.05) is 290 Å². The van der Waals surface area contributed by atoms with Crippen molar-refractivity contribution in [2.45, 2.75) is 341 Å². The molecule has 0 aromatic carbocycles. The molecule has 5 atom stereocenters. The van der Waals surface area contributed by atoms with Gasteiger partial charge in [0, 0.05) is 25.7 Å². The standard InChI is InChI=1S/C83H142O17P2/c1-5-9-13-17-21-25-29-33-36-38-41-45-49-53-57-61-65-69-82(87)99-78(73-93-80(85)67-63-59-55-51-47-43-32-28-24-20-16-12-8-4)75-97-101(89,90)95-71-77(84)72-96-102(91,92)98-76-79(74-94-81(86)68-64-60-56-52-48-44-40-35-31-27-23-19-15-11-7-3)100-83(88)70-66-62-58-54-50-46-42-39-37-34-30-26-22-18-14-10-6-2/h21-22,25-27,31,33-37,40-42,45-46,53-54,57-58,77-79,84H,5-20,23-24,28-30,32,38-39,43-44,47-52,55-56,59-76H2,1-4H3,(H,89,90)(H,91,92)/b25-21-,26-22-,31-27-,36-33-,37-34-,40-35-,45-41-,46-42-,57-53-,58-54-/t77-,78+,79+/m0/s1. The fourth-order valence-electron chi connectivity index (χ4n) is 10.3. The number of hydrogen-bond donors (Lipinski definition) is 3. The summed E-state index contributed by atoms with van der Waals surface area (Å²) in [5, 5.41) is 10.6. The Bertz CT molecular complexity index is 2410. The highest BCUT2D eigenvalue weighted by Gasteiger charge is 2.30. The number of phosphoric ester groups is 2. The van der Waals surface area contributed by atoms with Crippen LogP contribution in [-0.2, 0) is 65.4 Å². The summed E-state index contributed by atoms with van der Waals surface area (Å²) >= 11 is 0. The van der Waals surface area contributed by atoms with Crippen molar-refractivity contribution in [3.63, 3.8) is 0 Å². The molecule has 3 N–H and O–H groups in total. The van der Waals surface area contributed by atoms with Crippen LogP contribution >= 0.6 is 15.6 Å². The van der Waals surface area contributed by atoms with Crippen LogP contribution in [0, 0.1) is 0 Å². The number of hydrogen-bond acceptors (Lipinski definition) is 15. The molecule has 0 aliphatic heterocycles. The molecule has 0 spiro atoms. The normalized spacial score (nSPS) is 14.5. The Balaban J connectivity index is 5.47. The van der Waals surface area contributed by atoms with Gasteiger partial charge in [0.05, 0.1) is 26.4 Å². The topological polar surface area (TPSA) is 237 Å². The summed E-state index contributed by atoms with van der Waals surface area (Å²) in [7, 11) is -10.00. The van der Waals surface area contributed by atoms with Gasteiger partial charge in [-0.05, 0) is 128 Å². The van der Waals surface area contributed by atoms with Gasteiger partial charge in [-0.3, -0.25) is 37.3 Å². The molecule has 0 amide bonds. The van der Waals surface area contributed by atoms with E-state index in [1.165, 1.54) is 116 Å². The third-order valence-electron chi connectivity index (χ3n) is 16.4. The van der Waals surface area contributed by atoms with Gasteiger partial charge >= 0.3 is 39.5 Å². The van der Waals surface area contributed by atoms with Crippen LogP contribution in [0.1, 0.15) is 323 Å². The molecule has 0 heterocycles. The van der Waals surface area contributed by atoms with E-state index in [9.17, 15) is 43.2 Å². The fourth-order valence-corrected chi connectivity index (χ4v) is 11.9. The second-order valence-electron chi connectivity index (χ2n) is 26.3. The van der Waals surface area contributed by atoms with Crippen molar-refractivity contribution in [3.8, 4) is 0 Å². The summed E-state index contributed by atoms with van der Waals surface area (Å²) in [6.07, 6.45) is 81.9. The number of phosphoric acid groups is 2. The maximum atomic E-state index is 13.1. The second-order valence-corrected chi connectivity index (χ2v) is 29.2. The lowest BCUT2D eigenvalue weighted by Crippen LogP contribution is -2.30. The maximum Gasteiger partial charge on any atom is 0.472 e. The van der Waals surface area contributed by atoms with E-state index in [0.29, 0.717) is 38.5 Å². The van der Waals surface area contributed by atoms with E-state index < -0.39 is 97.5 Å². The van der Waals surface area contributed by atoms with Gasteiger partial charge in [-0.25, -0.2) is 9.13 Å². The van der Waals surface area contributed by atoms with E-state index in [1.807, 2.05) is 24.3 Å². The predicted octanol–water partition coefficient (Wildman–Crippen LogP) is 23.1. The van der Waals surface area contributed by atoms with E-state index in [-0.39, 0.29) is 25.7 Å². The first-order valence-corrected chi connectivity index (χ1v) is 42.8. The van der Waals surface area contributed by atoms with Crippen LogP contribution in [0.5, 0.6) is 0 Å². The van der Waals surface area contributed by atoms with Crippen molar-refractivity contribution < 1.29 is 80.2 Å². The molecule has 586 valence electrons. The molecule has 17 nitrogen and oxygen atoms in total. The molecule has 0 bridgehead atoms. The molecule has 0 aliphatic carbocycles. The summed E-state index contributed by atoms with van der Waals surface area (Å²) in [5.74, 6) is -2.32. The summed E-state index contributed by atoms with van der Waals surface area (Å²) in [4.78, 5) is 72.9. The molecular weight excluding hydrogens is 1330 g/mol. The second kappa shape index (κ2) is 74.7. The summed E-state index contributed by atoms with van der Waals surface area (Å²) < 4.78 is 68.4. The minimum atomic E-state index is -5.00. The Hall–Kier alpha value is -4.54. The SMILES string of the molecule is CCCCC/C=C\C/C=C\C/C=C\C/C=C\CCCC(=O)O[C@H](COC(=O)CCCCCCC/C=C\C=C/CCCCCC)COP(=O)(O)OC[C@@H](O)COP(=O)(O)OC[C@@H](COC(=O)CCCCCCCCCCCCCCC)OC(=O)CCC/C=C\C/C=C\C/C=C\C/C=C\CCCCC. The number of esters is 4. The average molecular weight is 1470 g/mol. The molecule has 0 aromatic rings. The fraction of sp³-hybridized carbons (Fsp3) is 0.711. The molecule has 0 aromatic heterocycles. The Kier molecular flexibility index (Phi) is 71.4. The Morgan fingerprint density at radius 1 is 0.284 bits per heavy atom. The van der Waals surface area contributed by atoms with Crippen molar-refractivity contribution in [2.75, 3.05) is 39.6 Å². The number of carbonyl (C=O) groups is 4. The third-order valence-corrected chi connectivity index (χ3v) is 18.3. The lowest BCUT2D eigenvalue weighted by molar-refractivity contribution is -0.161. The average Bonchev–Trinajstić information content (AvgIpc) is 0.966. The largest absolute Gasteiger partial charge is 0.472 e. The van der Waals surface area contributed by atoms with Gasteiger partial charge in [0.25, 0.3) is 0 Å². The van der Waals surface area contributed by atoms with Crippen molar-refractivity contribution in [1.82, 2.24) is 0 Å². The van der Waals surface area contributed by atoms with E-state index in [2.05, 4.69) is 125 Å². The lowest BCUT2D eigenvalue weighted by Gasteiger charge is -2.21. The van der Waals surface area contributed by atoms with Crippen LogP contribution in [0.2, 0.25) is 0 Å². The molecule has 0 saturated carbocycles. The molecule has 19 heteroatoms. The molecule has 2 unspecified atom stereocenters. The van der Waals surface area contributed by atoms with Gasteiger partial charge in [-0.2, -0.15) is 0 Å². The Morgan fingerprint density at radius 2 is 0.520 bits per heavy atom. The Morgan fingerprint density at radius 3 is 0.853 bits per heavy atom. The van der Waals surface area contributed by atoms with Gasteiger partial charge in [0.2, 0.25) is 0 Å². The maximum absolute atomic E-state index is 13.1. The van der Waals surface area contributed by atoms with E-state index in [1.54, 1.807) is 0 Å². The number of allylic oxidation sites excluding steroid dienone is 20. The number of aliphatic hydroxyl groups excluding tert-OH is 1. The number of rotatable bonds is 74. The molecule has 0 aliphatic rings. The predicted molar refractivity (Wildman–Crippen MR) is 418 cm³/mol. The third kappa shape index (κ3) is 73.8. The zero-order valence-corrected chi connectivity index (χ0v) is 65.8. The first kappa shape index (κ1) is 97.5. The van der Waals surface area contributed by atoms with E-state index in [0.717, 1.165) is 116 Å². The minimum absolute atomic E-state index is 0.0125. The Labute approximate surface area is 619 Å². The van der Waals surface area contributed by atoms with Crippen LogP contribution in [0.3, 0.4) is 0 Å². The molecule has 0 radical (unpaired) electrons. The van der Waals surface area contributed by atoms with Gasteiger partial charge in [-0.15, -0.1) is 0 Å². The van der Waals surface area contributed by atoms with Crippen molar-refractivity contribution in [2.24, 2.45) is 0 Å². The van der Waals surface area contributed by atoms with E-state index in [4.69, 9.17) is 37.0 Å². The summed E-state index contributed by atoms with van der Waals surface area (Å²) in [6, 6.07) is 0. The van der Waals surface area contributed by atoms with Gasteiger partial charge in [0.1, 0.15) is 19.3 Å². The van der Waals surface area contributed by atoms with Crippen LogP contribution in [-0.4, -0.2) is 96.7 Å². The number of ether oxygens (including phenoxy) is 4. The first-order chi connectivity index (χ1) is 49.7. The van der Waals surface area contributed by atoms with Crippen LogP contribution in [0.4, 0.5) is 0 Å². The number of carbonyl (C=O) groups excluding carboxylic acids is 4. The molecule has 102 heavy (non-hydrogen) atoms. The molecule has 0 rings (SSSR count). The van der Waals surface area contributed by atoms with Crippen molar-refractivity contribution >= 4 is 39.5 Å². The van der Waals surface area contributed by atoms with Gasteiger partial charge < -0.3 is 33.8 Å². The first-order valence-electron chi connectivity index (χ1n) is 39.8. The number of aliphatic hydroxyl groups is 1. The van der Waals surface area contributed by atoms with Crippen molar-refractivity contribution in [3.05, 3.63) is 122 Å². The highest BCUT2D eigenvalue weighted by Crippen LogP contribution is 2.45. The minimum Gasteiger partial charge on any atom is -0.462 e. The quantitative estimate of drug-likeness (QED) is 0.0128. The van der Waals surface area contributed by atoms with Crippen molar-refractivity contribution in [1.29, 1.82) is 0 Å². The van der Waals surface area contributed by atoms with Crippen LogP contribution in [0.15, 0.2) is 122 Å². The van der Waals surface area contributed by atoms with Crippen LogP contribution < -0.4 is 0 Å². The zero-order valence-electron chi connectivity index (χ0n) is 64.0. The smallest absolute Gasteiger partial charge is 0.462 e. The summed E-state index contributed by atoms with van der Waals surface area (Å²) in [6.45, 7) is 4.67. The zero-order chi connectivity index (χ0) is 74.6. The number of unbranched alkanes of at least 4 members (excludes halogenated alkanes) is 29. The molecular formula is C83H142O17P2. The lowest BCUT2D eigenvalue weighted by atomic mass is 10.0.